The number of carbonyl (C=O) groups is 1. The van der Waals surface area contributed by atoms with Gasteiger partial charge in [-0.2, -0.15) is 4.39 Å². The van der Waals surface area contributed by atoms with Crippen molar-refractivity contribution in [1.82, 2.24) is 9.88 Å². The first-order valence-corrected chi connectivity index (χ1v) is 15.4. The average molecular weight is 537 g/mol. The van der Waals surface area contributed by atoms with Crippen LogP contribution in [0, 0.1) is 5.95 Å². The lowest BCUT2D eigenvalue weighted by Gasteiger charge is -2.25. The van der Waals surface area contributed by atoms with E-state index in [1.54, 1.807) is 4.90 Å². The summed E-state index contributed by atoms with van der Waals surface area (Å²) in [4.78, 5) is 20.7. The third-order valence-electron chi connectivity index (χ3n) is 5.24. The molecule has 1 aromatic rings. The van der Waals surface area contributed by atoms with Crippen LogP contribution in [0.5, 0.6) is 0 Å². The van der Waals surface area contributed by atoms with Gasteiger partial charge in [0.05, 0.1) is 10.2 Å². The van der Waals surface area contributed by atoms with Gasteiger partial charge in [-0.3, -0.25) is 4.90 Å². The molecule has 9 heteroatoms. The zero-order valence-corrected chi connectivity index (χ0v) is 22.2. The van der Waals surface area contributed by atoms with E-state index in [4.69, 9.17) is 9.47 Å². The molecule has 178 valence electrons. The van der Waals surface area contributed by atoms with Crippen LogP contribution in [0.2, 0.25) is 25.7 Å². The second-order valence-corrected chi connectivity index (χ2v) is 16.0. The summed E-state index contributed by atoms with van der Waals surface area (Å²) in [6.45, 7) is 17.8. The van der Waals surface area contributed by atoms with Gasteiger partial charge < -0.3 is 9.47 Å². The Labute approximate surface area is 204 Å². The highest BCUT2D eigenvalue weighted by atomic mass is 79.9. The number of allylic oxidation sites excluding steroid dienone is 2. The molecular formula is C24H31BrFN3O3Si. The lowest BCUT2D eigenvalue weighted by Crippen LogP contribution is -2.38. The van der Waals surface area contributed by atoms with Crippen molar-refractivity contribution in [3.05, 3.63) is 70.5 Å². The third-order valence-corrected chi connectivity index (χ3v) is 7.57. The van der Waals surface area contributed by atoms with Crippen LogP contribution < -0.4 is 4.90 Å². The predicted octanol–water partition coefficient (Wildman–Crippen LogP) is 6.23. The summed E-state index contributed by atoms with van der Waals surface area (Å²) < 4.78 is 26.6. The number of ether oxygens (including phenoxy) is 2. The number of aromatic nitrogens is 1. The molecule has 1 atom stereocenters. The van der Waals surface area contributed by atoms with E-state index in [-0.39, 0.29) is 25.2 Å². The molecule has 0 saturated carbocycles. The van der Waals surface area contributed by atoms with Crippen molar-refractivity contribution >= 4 is 35.9 Å². The van der Waals surface area contributed by atoms with Crippen LogP contribution in [-0.2, 0) is 9.47 Å². The number of amides is 2. The molecule has 2 heterocycles. The van der Waals surface area contributed by atoms with Gasteiger partial charge in [-0.05, 0) is 64.7 Å². The zero-order valence-electron chi connectivity index (χ0n) is 19.7. The maximum atomic E-state index is 14.1. The highest BCUT2D eigenvalue weighted by Gasteiger charge is 2.47. The molecule has 1 unspecified atom stereocenters. The van der Waals surface area contributed by atoms with E-state index >= 15 is 0 Å². The Kier molecular flexibility index (Phi) is 7.97. The van der Waals surface area contributed by atoms with E-state index in [9.17, 15) is 9.18 Å². The van der Waals surface area contributed by atoms with Gasteiger partial charge in [0.25, 0.3) is 0 Å². The van der Waals surface area contributed by atoms with Gasteiger partial charge >= 0.3 is 6.03 Å². The van der Waals surface area contributed by atoms with E-state index in [0.29, 0.717) is 29.0 Å². The first-order valence-electron chi connectivity index (χ1n) is 10.9. The minimum Gasteiger partial charge on any atom is -0.487 e. The Hall–Kier alpha value is -2.23. The summed E-state index contributed by atoms with van der Waals surface area (Å²) >= 11 is 3.42. The highest BCUT2D eigenvalue weighted by molar-refractivity contribution is 9.10. The topological polar surface area (TPSA) is 54.9 Å². The Morgan fingerprint density at radius 3 is 2.76 bits per heavy atom. The molecule has 0 bridgehead atoms. The molecule has 1 aliphatic carbocycles. The largest absolute Gasteiger partial charge is 0.487 e. The van der Waals surface area contributed by atoms with Crippen molar-refractivity contribution < 1.29 is 18.7 Å². The fourth-order valence-electron chi connectivity index (χ4n) is 3.55. The summed E-state index contributed by atoms with van der Waals surface area (Å²) in [5, 5.41) is 0. The van der Waals surface area contributed by atoms with Gasteiger partial charge in [0.1, 0.15) is 25.1 Å². The lowest BCUT2D eigenvalue weighted by molar-refractivity contribution is 0.0555. The van der Waals surface area contributed by atoms with Crippen LogP contribution in [0.25, 0.3) is 0 Å². The van der Waals surface area contributed by atoms with E-state index in [1.165, 1.54) is 17.0 Å². The van der Waals surface area contributed by atoms with Gasteiger partial charge in [-0.1, -0.05) is 38.9 Å². The first-order chi connectivity index (χ1) is 15.5. The molecule has 2 amide bonds. The number of pyridine rings is 1. The van der Waals surface area contributed by atoms with Crippen LogP contribution in [0.3, 0.4) is 0 Å². The summed E-state index contributed by atoms with van der Waals surface area (Å²) in [7, 11) is -1.28. The fraction of sp³-hybridized carbons (Fsp3) is 0.417. The average Bonchev–Trinajstić information content (AvgIpc) is 2.90. The molecular weight excluding hydrogens is 505 g/mol. The van der Waals surface area contributed by atoms with Gasteiger partial charge in [-0.15, -0.1) is 0 Å². The summed E-state index contributed by atoms with van der Waals surface area (Å²) in [6.07, 6.45) is 4.34. The van der Waals surface area contributed by atoms with E-state index in [0.717, 1.165) is 17.2 Å². The SMILES string of the molecule is C=C(C)COC1=C2C(C(=C)CC=C1)N(COCC[Si](C)(C)C)C(=O)N2c1nc(F)ccc1Br. The van der Waals surface area contributed by atoms with E-state index in [1.807, 2.05) is 19.1 Å². The maximum Gasteiger partial charge on any atom is 0.332 e. The highest BCUT2D eigenvalue weighted by Crippen LogP contribution is 2.41. The van der Waals surface area contributed by atoms with Crippen molar-refractivity contribution in [1.29, 1.82) is 0 Å². The number of nitrogens with zero attached hydrogens (tertiary/aromatic N) is 3. The van der Waals surface area contributed by atoms with E-state index in [2.05, 4.69) is 53.7 Å². The Morgan fingerprint density at radius 1 is 1.36 bits per heavy atom. The minimum atomic E-state index is -1.28. The molecule has 3 rings (SSSR count). The Balaban J connectivity index is 2.05. The number of hydrogen-bond acceptors (Lipinski definition) is 4. The molecule has 1 aromatic heterocycles. The molecule has 1 aliphatic heterocycles. The van der Waals surface area contributed by atoms with Gasteiger partial charge in [0, 0.05) is 14.7 Å². The second-order valence-electron chi connectivity index (χ2n) is 9.54. The number of fused-ring (bicyclic) bond motifs is 1. The fourth-order valence-corrected chi connectivity index (χ4v) is 4.70. The molecule has 0 N–H and O–H groups in total. The van der Waals surface area contributed by atoms with Crippen LogP contribution >= 0.6 is 15.9 Å². The minimum absolute atomic E-state index is 0.0910. The number of anilines is 1. The first kappa shape index (κ1) is 25.4. The van der Waals surface area contributed by atoms with Crippen LogP contribution in [0.15, 0.2) is 64.5 Å². The summed E-state index contributed by atoms with van der Waals surface area (Å²) in [6, 6.07) is 2.90. The normalized spacial score (nSPS) is 18.7. The maximum absolute atomic E-state index is 14.1. The van der Waals surface area contributed by atoms with Crippen LogP contribution in [-0.4, -0.2) is 50.0 Å². The van der Waals surface area contributed by atoms with Gasteiger partial charge in [0.2, 0.25) is 5.95 Å². The molecule has 1 fully saturated rings. The summed E-state index contributed by atoms with van der Waals surface area (Å²) in [5.41, 5.74) is 2.20. The van der Waals surface area contributed by atoms with Crippen LogP contribution in [0.4, 0.5) is 15.0 Å². The number of urea groups is 1. The van der Waals surface area contributed by atoms with Crippen LogP contribution in [0.1, 0.15) is 13.3 Å². The Morgan fingerprint density at radius 2 is 2.09 bits per heavy atom. The van der Waals surface area contributed by atoms with Gasteiger partial charge in [-0.25, -0.2) is 14.7 Å². The Bertz CT molecular complexity index is 1020. The monoisotopic (exact) mass is 535 g/mol. The molecule has 1 saturated heterocycles. The number of halogens is 2. The standard InChI is InChI=1S/C24H31BrFN3O3Si/c1-16(2)14-32-19-9-7-8-17(3)21-22(19)29(23-18(25)10-11-20(26)27-23)24(30)28(21)15-31-12-13-33(4,5)6/h7,9-11,21H,1,3,8,12-15H2,2,4-6H3. The molecule has 6 nitrogen and oxygen atoms in total. The molecule has 0 aromatic carbocycles. The quantitative estimate of drug-likeness (QED) is 0.163. The smallest absolute Gasteiger partial charge is 0.332 e. The van der Waals surface area contributed by atoms with E-state index < -0.39 is 20.1 Å². The summed E-state index contributed by atoms with van der Waals surface area (Å²) in [5.74, 6) is -0.0305. The third kappa shape index (κ3) is 6.02. The molecule has 33 heavy (non-hydrogen) atoms. The van der Waals surface area contributed by atoms with Crippen molar-refractivity contribution in [3.63, 3.8) is 0 Å². The van der Waals surface area contributed by atoms with Gasteiger partial charge in [0.15, 0.2) is 5.82 Å². The van der Waals surface area contributed by atoms with Crippen molar-refractivity contribution in [2.45, 2.75) is 45.1 Å². The lowest BCUT2D eigenvalue weighted by atomic mass is 10.0. The van der Waals surface area contributed by atoms with Crippen molar-refractivity contribution in [3.8, 4) is 0 Å². The molecule has 0 spiro atoms. The predicted molar refractivity (Wildman–Crippen MR) is 135 cm³/mol. The molecule has 2 aliphatic rings. The number of carbonyl (C=O) groups excluding carboxylic acids is 1. The van der Waals surface area contributed by atoms with Crippen molar-refractivity contribution in [2.24, 2.45) is 0 Å². The number of hydrogen-bond donors (Lipinski definition) is 0. The van der Waals surface area contributed by atoms with Crippen molar-refractivity contribution in [2.75, 3.05) is 24.8 Å². The zero-order chi connectivity index (χ0) is 24.3. The molecule has 0 radical (unpaired) electrons. The number of rotatable bonds is 9. The second kappa shape index (κ2) is 10.4.